The number of urea groups is 1. The van der Waals surface area contributed by atoms with Gasteiger partial charge in [-0.25, -0.2) is 4.79 Å². The van der Waals surface area contributed by atoms with Crippen LogP contribution in [0.4, 0.5) is 4.79 Å². The Labute approximate surface area is 120 Å². The van der Waals surface area contributed by atoms with Crippen molar-refractivity contribution in [1.29, 1.82) is 0 Å². The number of nitrogens with one attached hydrogen (secondary N) is 2. The van der Waals surface area contributed by atoms with Crippen LogP contribution in [0.1, 0.15) is 24.8 Å². The van der Waals surface area contributed by atoms with Crippen LogP contribution in [-0.2, 0) is 6.54 Å². The Morgan fingerprint density at radius 2 is 1.95 bits per heavy atom. The van der Waals surface area contributed by atoms with Crippen LogP contribution in [0, 0.1) is 5.41 Å². The first-order valence-corrected chi connectivity index (χ1v) is 7.55. The first-order valence-electron chi connectivity index (χ1n) is 7.55. The quantitative estimate of drug-likeness (QED) is 0.865. The molecule has 1 spiro atoms. The van der Waals surface area contributed by atoms with Gasteiger partial charge < -0.3 is 15.5 Å². The van der Waals surface area contributed by atoms with Gasteiger partial charge in [0.05, 0.1) is 0 Å². The molecule has 1 aromatic rings. The molecule has 2 heterocycles. The molecule has 2 saturated heterocycles. The third kappa shape index (κ3) is 2.96. The van der Waals surface area contributed by atoms with E-state index in [1.54, 1.807) is 0 Å². The summed E-state index contributed by atoms with van der Waals surface area (Å²) in [5, 5.41) is 6.47. The Kier molecular flexibility index (Phi) is 3.92. The maximum Gasteiger partial charge on any atom is 0.317 e. The van der Waals surface area contributed by atoms with E-state index >= 15 is 0 Å². The number of likely N-dealkylation sites (tertiary alicyclic amines) is 1. The number of amides is 2. The second kappa shape index (κ2) is 5.83. The lowest BCUT2D eigenvalue weighted by atomic mass is 9.78. The monoisotopic (exact) mass is 273 g/mol. The van der Waals surface area contributed by atoms with E-state index in [-0.39, 0.29) is 6.03 Å². The van der Waals surface area contributed by atoms with Crippen LogP contribution in [0.25, 0.3) is 0 Å². The molecule has 2 aliphatic rings. The second-order valence-electron chi connectivity index (χ2n) is 6.06. The molecule has 0 saturated carbocycles. The highest BCUT2D eigenvalue weighted by molar-refractivity contribution is 5.74. The Hall–Kier alpha value is -1.55. The van der Waals surface area contributed by atoms with Crippen molar-refractivity contribution in [3.05, 3.63) is 35.9 Å². The van der Waals surface area contributed by atoms with Crippen LogP contribution in [0.15, 0.2) is 30.3 Å². The highest BCUT2D eigenvalue weighted by Gasteiger charge is 2.37. The molecule has 0 aromatic heterocycles. The molecule has 0 unspecified atom stereocenters. The third-order valence-electron chi connectivity index (χ3n) is 4.73. The molecular weight excluding hydrogens is 250 g/mol. The van der Waals surface area contributed by atoms with Gasteiger partial charge in [-0.2, -0.15) is 0 Å². The molecular formula is C16H23N3O. The predicted octanol–water partition coefficient (Wildman–Crippen LogP) is 1.97. The molecule has 2 amide bonds. The molecule has 108 valence electrons. The average molecular weight is 273 g/mol. The first kappa shape index (κ1) is 13.4. The Balaban J connectivity index is 1.47. The van der Waals surface area contributed by atoms with Gasteiger partial charge in [0, 0.05) is 26.2 Å². The lowest BCUT2D eigenvalue weighted by Gasteiger charge is -2.38. The largest absolute Gasteiger partial charge is 0.334 e. The zero-order valence-corrected chi connectivity index (χ0v) is 11.9. The van der Waals surface area contributed by atoms with Crippen LogP contribution >= 0.6 is 0 Å². The highest BCUT2D eigenvalue weighted by atomic mass is 16.2. The Morgan fingerprint density at radius 1 is 1.20 bits per heavy atom. The van der Waals surface area contributed by atoms with E-state index in [9.17, 15) is 4.79 Å². The van der Waals surface area contributed by atoms with Gasteiger partial charge in [0.25, 0.3) is 0 Å². The minimum Gasteiger partial charge on any atom is -0.334 e. The second-order valence-corrected chi connectivity index (χ2v) is 6.06. The third-order valence-corrected chi connectivity index (χ3v) is 4.73. The van der Waals surface area contributed by atoms with Crippen molar-refractivity contribution in [2.24, 2.45) is 5.41 Å². The summed E-state index contributed by atoms with van der Waals surface area (Å²) in [6, 6.07) is 10.1. The summed E-state index contributed by atoms with van der Waals surface area (Å²) < 4.78 is 0. The SMILES string of the molecule is O=C(NCc1ccccc1)N1CCC2(CCNC2)CC1. The molecule has 2 N–H and O–H groups in total. The summed E-state index contributed by atoms with van der Waals surface area (Å²) in [7, 11) is 0. The van der Waals surface area contributed by atoms with E-state index in [1.807, 2.05) is 35.2 Å². The number of hydrogen-bond donors (Lipinski definition) is 2. The number of carbonyl (C=O) groups excluding carboxylic acids is 1. The fraction of sp³-hybridized carbons (Fsp3) is 0.562. The summed E-state index contributed by atoms with van der Waals surface area (Å²) >= 11 is 0. The number of benzene rings is 1. The number of hydrogen-bond acceptors (Lipinski definition) is 2. The molecule has 4 nitrogen and oxygen atoms in total. The molecule has 20 heavy (non-hydrogen) atoms. The maximum atomic E-state index is 12.2. The fourth-order valence-electron chi connectivity index (χ4n) is 3.29. The molecule has 0 radical (unpaired) electrons. The number of rotatable bonds is 2. The zero-order valence-electron chi connectivity index (χ0n) is 11.9. The van der Waals surface area contributed by atoms with E-state index < -0.39 is 0 Å². The molecule has 1 aromatic carbocycles. The van der Waals surface area contributed by atoms with Crippen LogP contribution in [0.2, 0.25) is 0 Å². The van der Waals surface area contributed by atoms with Crippen molar-refractivity contribution in [3.63, 3.8) is 0 Å². The Bertz CT molecular complexity index is 444. The van der Waals surface area contributed by atoms with Crippen LogP contribution in [-0.4, -0.2) is 37.1 Å². The summed E-state index contributed by atoms with van der Waals surface area (Å²) in [5.41, 5.74) is 1.62. The molecule has 0 aliphatic carbocycles. The smallest absolute Gasteiger partial charge is 0.317 e. The lowest BCUT2D eigenvalue weighted by Crippen LogP contribution is -2.47. The predicted molar refractivity (Wildman–Crippen MR) is 79.4 cm³/mol. The van der Waals surface area contributed by atoms with Crippen molar-refractivity contribution >= 4 is 6.03 Å². The van der Waals surface area contributed by atoms with Crippen molar-refractivity contribution in [1.82, 2.24) is 15.5 Å². The number of carbonyl (C=O) groups is 1. The van der Waals surface area contributed by atoms with Crippen LogP contribution < -0.4 is 10.6 Å². The van der Waals surface area contributed by atoms with Crippen LogP contribution in [0.3, 0.4) is 0 Å². The van der Waals surface area contributed by atoms with E-state index in [0.29, 0.717) is 12.0 Å². The maximum absolute atomic E-state index is 12.2. The van der Waals surface area contributed by atoms with Gasteiger partial charge in [-0.15, -0.1) is 0 Å². The van der Waals surface area contributed by atoms with Gasteiger partial charge in [0.15, 0.2) is 0 Å². The highest BCUT2D eigenvalue weighted by Crippen LogP contribution is 2.36. The van der Waals surface area contributed by atoms with Gasteiger partial charge in [-0.3, -0.25) is 0 Å². The summed E-state index contributed by atoms with van der Waals surface area (Å²) in [6.07, 6.45) is 3.55. The number of nitrogens with zero attached hydrogens (tertiary/aromatic N) is 1. The van der Waals surface area contributed by atoms with E-state index in [1.165, 1.54) is 6.42 Å². The van der Waals surface area contributed by atoms with Gasteiger partial charge in [0.2, 0.25) is 0 Å². The van der Waals surface area contributed by atoms with Gasteiger partial charge in [0.1, 0.15) is 0 Å². The molecule has 3 rings (SSSR count). The molecule has 0 atom stereocenters. The van der Waals surface area contributed by atoms with Crippen molar-refractivity contribution in [2.45, 2.75) is 25.8 Å². The standard InChI is InChI=1S/C16H23N3O/c20-15(18-12-14-4-2-1-3-5-14)19-10-7-16(8-11-19)6-9-17-13-16/h1-5,17H,6-13H2,(H,18,20). The summed E-state index contributed by atoms with van der Waals surface area (Å²) in [4.78, 5) is 14.1. The summed E-state index contributed by atoms with van der Waals surface area (Å²) in [5.74, 6) is 0. The van der Waals surface area contributed by atoms with Crippen molar-refractivity contribution < 1.29 is 4.79 Å². The normalized spacial score (nSPS) is 21.1. The van der Waals surface area contributed by atoms with Gasteiger partial charge in [-0.1, -0.05) is 30.3 Å². The lowest BCUT2D eigenvalue weighted by molar-refractivity contribution is 0.129. The molecule has 0 bridgehead atoms. The minimum atomic E-state index is 0.0784. The topological polar surface area (TPSA) is 44.4 Å². The van der Waals surface area contributed by atoms with E-state index in [4.69, 9.17) is 0 Å². The molecule has 2 fully saturated rings. The summed E-state index contributed by atoms with van der Waals surface area (Å²) in [6.45, 7) is 4.67. The van der Waals surface area contributed by atoms with Gasteiger partial charge >= 0.3 is 6.03 Å². The number of piperidine rings is 1. The van der Waals surface area contributed by atoms with Gasteiger partial charge in [-0.05, 0) is 36.8 Å². The van der Waals surface area contributed by atoms with Crippen molar-refractivity contribution in [3.8, 4) is 0 Å². The molecule has 4 heteroatoms. The van der Waals surface area contributed by atoms with E-state index in [0.717, 1.165) is 44.6 Å². The molecule has 2 aliphatic heterocycles. The average Bonchev–Trinajstić information content (AvgIpc) is 2.95. The van der Waals surface area contributed by atoms with Crippen molar-refractivity contribution in [2.75, 3.05) is 26.2 Å². The zero-order chi connectivity index (χ0) is 13.8. The Morgan fingerprint density at radius 3 is 2.60 bits per heavy atom. The van der Waals surface area contributed by atoms with Crippen LogP contribution in [0.5, 0.6) is 0 Å². The van der Waals surface area contributed by atoms with E-state index in [2.05, 4.69) is 10.6 Å². The minimum absolute atomic E-state index is 0.0784. The first-order chi connectivity index (χ1) is 9.77. The fourth-order valence-corrected chi connectivity index (χ4v) is 3.29.